The Labute approximate surface area is 159 Å². The van der Waals surface area contributed by atoms with E-state index in [0.717, 1.165) is 23.2 Å². The van der Waals surface area contributed by atoms with Crippen molar-refractivity contribution in [2.45, 2.75) is 25.7 Å². The first-order chi connectivity index (χ1) is 13.1. The standard InChI is InChI=1S/C22H24N2O3/c1-15-14-23-22(18-8-9-20(26)21(13-18)27-2)24-19(15)12-17(10-11-25)16-6-4-3-5-7-16/h3-9,13-14,17,25-26H,10-12H2,1-2H3. The molecular formula is C22H24N2O3. The van der Waals surface area contributed by atoms with Gasteiger partial charge in [-0.15, -0.1) is 0 Å². The third-order valence-corrected chi connectivity index (χ3v) is 4.70. The molecule has 0 amide bonds. The van der Waals surface area contributed by atoms with Crippen LogP contribution >= 0.6 is 0 Å². The molecule has 1 unspecified atom stereocenters. The molecule has 2 aromatic carbocycles. The molecule has 0 aliphatic heterocycles. The van der Waals surface area contributed by atoms with Crippen LogP contribution in [0.25, 0.3) is 11.4 Å². The van der Waals surface area contributed by atoms with Crippen molar-refractivity contribution in [3.05, 3.63) is 71.5 Å². The minimum atomic E-state index is 0.0840. The highest BCUT2D eigenvalue weighted by Gasteiger charge is 2.16. The number of methoxy groups -OCH3 is 1. The van der Waals surface area contributed by atoms with Crippen molar-refractivity contribution in [2.24, 2.45) is 0 Å². The van der Waals surface area contributed by atoms with Crippen LogP contribution in [0.1, 0.15) is 29.2 Å². The highest BCUT2D eigenvalue weighted by molar-refractivity contribution is 5.61. The van der Waals surface area contributed by atoms with Gasteiger partial charge in [0.25, 0.3) is 0 Å². The number of ether oxygens (including phenoxy) is 1. The molecule has 3 rings (SSSR count). The van der Waals surface area contributed by atoms with Gasteiger partial charge in [-0.05, 0) is 55.0 Å². The van der Waals surface area contributed by atoms with Crippen LogP contribution < -0.4 is 4.74 Å². The number of hydrogen-bond acceptors (Lipinski definition) is 5. The highest BCUT2D eigenvalue weighted by Crippen LogP contribution is 2.31. The number of phenols is 1. The number of aliphatic hydroxyl groups is 1. The minimum Gasteiger partial charge on any atom is -0.504 e. The number of benzene rings is 2. The zero-order valence-corrected chi connectivity index (χ0v) is 15.6. The van der Waals surface area contributed by atoms with E-state index in [0.29, 0.717) is 18.0 Å². The summed E-state index contributed by atoms with van der Waals surface area (Å²) < 4.78 is 5.18. The van der Waals surface area contributed by atoms with Gasteiger partial charge in [-0.1, -0.05) is 30.3 Å². The Hall–Kier alpha value is -2.92. The van der Waals surface area contributed by atoms with Crippen molar-refractivity contribution < 1.29 is 14.9 Å². The number of aromatic nitrogens is 2. The summed E-state index contributed by atoms with van der Waals surface area (Å²) in [4.78, 5) is 9.21. The Morgan fingerprint density at radius 3 is 2.59 bits per heavy atom. The predicted octanol–water partition coefficient (Wildman–Crippen LogP) is 3.87. The van der Waals surface area contributed by atoms with Crippen molar-refractivity contribution in [1.29, 1.82) is 0 Å². The number of aliphatic hydroxyl groups excluding tert-OH is 1. The Balaban J connectivity index is 1.93. The number of aromatic hydroxyl groups is 1. The second-order valence-corrected chi connectivity index (χ2v) is 6.53. The smallest absolute Gasteiger partial charge is 0.161 e. The lowest BCUT2D eigenvalue weighted by molar-refractivity contribution is 0.274. The number of hydrogen-bond donors (Lipinski definition) is 2. The summed E-state index contributed by atoms with van der Waals surface area (Å²) in [6, 6.07) is 15.3. The lowest BCUT2D eigenvalue weighted by Crippen LogP contribution is -2.09. The molecule has 0 fully saturated rings. The topological polar surface area (TPSA) is 75.5 Å². The number of aryl methyl sites for hydroxylation is 1. The van der Waals surface area contributed by atoms with Gasteiger partial charge in [-0.2, -0.15) is 0 Å². The molecule has 0 saturated heterocycles. The molecule has 27 heavy (non-hydrogen) atoms. The largest absolute Gasteiger partial charge is 0.504 e. The van der Waals surface area contributed by atoms with Crippen LogP contribution in [0.15, 0.2) is 54.7 Å². The summed E-state index contributed by atoms with van der Waals surface area (Å²) in [5.74, 6) is 1.25. The van der Waals surface area contributed by atoms with E-state index in [1.54, 1.807) is 18.2 Å². The molecule has 0 radical (unpaired) electrons. The van der Waals surface area contributed by atoms with E-state index in [1.165, 1.54) is 12.7 Å². The molecule has 1 atom stereocenters. The molecule has 140 valence electrons. The minimum absolute atomic E-state index is 0.0840. The molecule has 0 spiro atoms. The van der Waals surface area contributed by atoms with E-state index < -0.39 is 0 Å². The average molecular weight is 364 g/mol. The number of phenolic OH excluding ortho intramolecular Hbond substituents is 1. The van der Waals surface area contributed by atoms with Crippen LogP contribution in [-0.2, 0) is 6.42 Å². The van der Waals surface area contributed by atoms with Gasteiger partial charge >= 0.3 is 0 Å². The van der Waals surface area contributed by atoms with Crippen molar-refractivity contribution >= 4 is 0 Å². The monoisotopic (exact) mass is 364 g/mol. The highest BCUT2D eigenvalue weighted by atomic mass is 16.5. The van der Waals surface area contributed by atoms with Crippen LogP contribution in [0.4, 0.5) is 0 Å². The Bertz CT molecular complexity index is 897. The van der Waals surface area contributed by atoms with Gasteiger partial charge in [0.15, 0.2) is 17.3 Å². The molecule has 1 aromatic heterocycles. The molecule has 0 aliphatic rings. The van der Waals surface area contributed by atoms with Crippen molar-refractivity contribution in [3.63, 3.8) is 0 Å². The zero-order chi connectivity index (χ0) is 19.2. The third kappa shape index (κ3) is 4.44. The molecule has 0 saturated carbocycles. The molecule has 0 aliphatic carbocycles. The first-order valence-corrected chi connectivity index (χ1v) is 8.98. The Morgan fingerprint density at radius 1 is 1.11 bits per heavy atom. The summed E-state index contributed by atoms with van der Waals surface area (Å²) in [5, 5.41) is 19.3. The lowest BCUT2D eigenvalue weighted by atomic mass is 9.90. The molecule has 3 aromatic rings. The van der Waals surface area contributed by atoms with Gasteiger partial charge in [0.05, 0.1) is 7.11 Å². The fourth-order valence-electron chi connectivity index (χ4n) is 3.14. The quantitative estimate of drug-likeness (QED) is 0.665. The van der Waals surface area contributed by atoms with E-state index in [-0.39, 0.29) is 18.3 Å². The SMILES string of the molecule is COc1cc(-c2ncc(C)c(CC(CCO)c3ccccc3)n2)ccc1O. The lowest BCUT2D eigenvalue weighted by Gasteiger charge is -2.17. The first kappa shape index (κ1) is 18.9. The van der Waals surface area contributed by atoms with Crippen LogP contribution in [0.3, 0.4) is 0 Å². The third-order valence-electron chi connectivity index (χ3n) is 4.70. The summed E-state index contributed by atoms with van der Waals surface area (Å²) in [6.45, 7) is 2.13. The maximum atomic E-state index is 9.80. The average Bonchev–Trinajstić information content (AvgIpc) is 2.70. The molecule has 2 N–H and O–H groups in total. The number of rotatable bonds is 7. The Kier molecular flexibility index (Phi) is 6.04. The maximum Gasteiger partial charge on any atom is 0.161 e. The summed E-state index contributed by atoms with van der Waals surface area (Å²) in [6.07, 6.45) is 3.22. The van der Waals surface area contributed by atoms with Crippen LogP contribution in [0.5, 0.6) is 11.5 Å². The predicted molar refractivity (Wildman–Crippen MR) is 105 cm³/mol. The molecule has 0 bridgehead atoms. The van der Waals surface area contributed by atoms with E-state index in [1.807, 2.05) is 31.3 Å². The van der Waals surface area contributed by atoms with E-state index in [2.05, 4.69) is 17.1 Å². The van der Waals surface area contributed by atoms with Gasteiger partial charge in [0, 0.05) is 24.1 Å². The van der Waals surface area contributed by atoms with E-state index in [4.69, 9.17) is 9.72 Å². The summed E-state index contributed by atoms with van der Waals surface area (Å²) in [5.41, 5.74) is 3.94. The molecule has 5 nitrogen and oxygen atoms in total. The van der Waals surface area contributed by atoms with Gasteiger partial charge in [0.1, 0.15) is 0 Å². The fourth-order valence-corrected chi connectivity index (χ4v) is 3.14. The van der Waals surface area contributed by atoms with Crippen molar-refractivity contribution in [2.75, 3.05) is 13.7 Å². The first-order valence-electron chi connectivity index (χ1n) is 8.98. The maximum absolute atomic E-state index is 9.80. The van der Waals surface area contributed by atoms with Gasteiger partial charge < -0.3 is 14.9 Å². The van der Waals surface area contributed by atoms with Crippen LogP contribution in [-0.4, -0.2) is 33.9 Å². The van der Waals surface area contributed by atoms with Gasteiger partial charge in [-0.3, -0.25) is 0 Å². The van der Waals surface area contributed by atoms with Crippen molar-refractivity contribution in [3.8, 4) is 22.9 Å². The van der Waals surface area contributed by atoms with Gasteiger partial charge in [0.2, 0.25) is 0 Å². The fraction of sp³-hybridized carbons (Fsp3) is 0.273. The van der Waals surface area contributed by atoms with Crippen LogP contribution in [0, 0.1) is 6.92 Å². The molecular weight excluding hydrogens is 340 g/mol. The van der Waals surface area contributed by atoms with Crippen molar-refractivity contribution in [1.82, 2.24) is 9.97 Å². The molecule has 1 heterocycles. The summed E-state index contributed by atoms with van der Waals surface area (Å²) >= 11 is 0. The second-order valence-electron chi connectivity index (χ2n) is 6.53. The second kappa shape index (κ2) is 8.64. The Morgan fingerprint density at radius 2 is 1.89 bits per heavy atom. The number of nitrogens with zero attached hydrogens (tertiary/aromatic N) is 2. The molecule has 5 heteroatoms. The van der Waals surface area contributed by atoms with E-state index in [9.17, 15) is 10.2 Å². The summed E-state index contributed by atoms with van der Waals surface area (Å²) in [7, 11) is 1.51. The van der Waals surface area contributed by atoms with Crippen LogP contribution in [0.2, 0.25) is 0 Å². The zero-order valence-electron chi connectivity index (χ0n) is 15.6. The normalized spacial score (nSPS) is 12.0. The van der Waals surface area contributed by atoms with E-state index >= 15 is 0 Å². The van der Waals surface area contributed by atoms with Gasteiger partial charge in [-0.25, -0.2) is 9.97 Å².